The number of halogens is 1. The molecule has 2 aliphatic rings. The van der Waals surface area contributed by atoms with E-state index in [0.29, 0.717) is 16.1 Å². The number of ketones is 1. The summed E-state index contributed by atoms with van der Waals surface area (Å²) in [5.41, 5.74) is 1.45. The van der Waals surface area contributed by atoms with E-state index in [9.17, 15) is 15.3 Å². The van der Waals surface area contributed by atoms with Crippen molar-refractivity contribution in [2.24, 2.45) is 5.41 Å². The zero-order valence-corrected chi connectivity index (χ0v) is 17.8. The minimum Gasteiger partial charge on any atom is -0.351 e. The van der Waals surface area contributed by atoms with Crippen molar-refractivity contribution >= 4 is 29.1 Å². The van der Waals surface area contributed by atoms with Crippen molar-refractivity contribution in [3.05, 3.63) is 107 Å². The average Bonchev–Trinajstić information content (AvgIpc) is 3.15. The van der Waals surface area contributed by atoms with Crippen molar-refractivity contribution in [2.75, 3.05) is 4.90 Å². The highest BCUT2D eigenvalue weighted by molar-refractivity contribution is 6.31. The lowest BCUT2D eigenvalue weighted by Crippen LogP contribution is -2.44. The molecule has 0 radical (unpaired) electrons. The molecular weight excluding hydrogens is 418 g/mol. The number of anilines is 1. The van der Waals surface area contributed by atoms with Crippen molar-refractivity contribution in [2.45, 2.75) is 18.0 Å². The highest BCUT2D eigenvalue weighted by atomic mass is 35.5. The molecule has 154 valence electrons. The summed E-state index contributed by atoms with van der Waals surface area (Å²) in [6.45, 7) is 0. The van der Waals surface area contributed by atoms with E-state index >= 15 is 0 Å². The fourth-order valence-corrected chi connectivity index (χ4v) is 5.33. The van der Waals surface area contributed by atoms with Gasteiger partial charge in [0.2, 0.25) is 0 Å². The third-order valence-corrected chi connectivity index (χ3v) is 6.83. The Morgan fingerprint density at radius 3 is 2.28 bits per heavy atom. The second-order valence-corrected chi connectivity index (χ2v) is 8.44. The Balaban J connectivity index is 1.81. The van der Waals surface area contributed by atoms with Gasteiger partial charge in [0.15, 0.2) is 11.2 Å². The van der Waals surface area contributed by atoms with E-state index in [2.05, 4.69) is 12.1 Å². The first-order chi connectivity index (χ1) is 15.6. The van der Waals surface area contributed by atoms with Gasteiger partial charge in [-0.1, -0.05) is 90.5 Å². The van der Waals surface area contributed by atoms with Crippen molar-refractivity contribution in [3.8, 4) is 12.1 Å². The Morgan fingerprint density at radius 1 is 0.906 bits per heavy atom. The van der Waals surface area contributed by atoms with Gasteiger partial charge in [-0.15, -0.1) is 0 Å². The van der Waals surface area contributed by atoms with Gasteiger partial charge in [0.05, 0.1) is 18.2 Å². The molecule has 2 aliphatic heterocycles. The first kappa shape index (κ1) is 20.1. The van der Waals surface area contributed by atoms with Crippen LogP contribution in [-0.2, 0) is 0 Å². The van der Waals surface area contributed by atoms with Gasteiger partial charge in [0, 0.05) is 22.2 Å². The molecule has 3 atom stereocenters. The van der Waals surface area contributed by atoms with Gasteiger partial charge in [0.25, 0.3) is 0 Å². The number of carbonyl (C=O) groups excluding carboxylic acids is 1. The van der Waals surface area contributed by atoms with E-state index < -0.39 is 23.4 Å². The second kappa shape index (κ2) is 7.68. The third kappa shape index (κ3) is 2.78. The predicted molar refractivity (Wildman–Crippen MR) is 124 cm³/mol. The minimum absolute atomic E-state index is 0.141. The maximum Gasteiger partial charge on any atom is 0.185 e. The Hall–Kier alpha value is -3.86. The van der Waals surface area contributed by atoms with Crippen LogP contribution in [0.4, 0.5) is 5.69 Å². The predicted octanol–water partition coefficient (Wildman–Crippen LogP) is 5.62. The summed E-state index contributed by atoms with van der Waals surface area (Å²) in [5.74, 6) is -0.877. The second-order valence-electron chi connectivity index (χ2n) is 8.04. The average molecular weight is 436 g/mol. The molecule has 0 amide bonds. The third-order valence-electron chi connectivity index (χ3n) is 6.48. The van der Waals surface area contributed by atoms with E-state index in [4.69, 9.17) is 11.6 Å². The van der Waals surface area contributed by atoms with Crippen molar-refractivity contribution < 1.29 is 4.79 Å². The standard InChI is InChI=1S/C27H18ClN3O/c28-21-12-6-5-11-20(21)24-25(26(32)19-9-2-1-3-10-19)31-22-13-7-4-8-18(22)14-15-23(31)27(24,16-29)17-30/h1-15,23-25H/t23-,24+,25-/m1/s1. The fourth-order valence-electron chi connectivity index (χ4n) is 5.08. The van der Waals surface area contributed by atoms with Gasteiger partial charge in [0.1, 0.15) is 6.04 Å². The number of rotatable bonds is 3. The van der Waals surface area contributed by atoms with Gasteiger partial charge in [-0.3, -0.25) is 4.79 Å². The molecule has 1 saturated heterocycles. The van der Waals surface area contributed by atoms with Crippen LogP contribution in [0.5, 0.6) is 0 Å². The molecule has 1 fully saturated rings. The lowest BCUT2D eigenvalue weighted by atomic mass is 9.69. The van der Waals surface area contributed by atoms with Gasteiger partial charge < -0.3 is 4.90 Å². The van der Waals surface area contributed by atoms with Gasteiger partial charge in [-0.25, -0.2) is 0 Å². The lowest BCUT2D eigenvalue weighted by Gasteiger charge is -2.35. The summed E-state index contributed by atoms with van der Waals surface area (Å²) in [5, 5.41) is 21.3. The molecule has 0 aliphatic carbocycles. The van der Waals surface area contributed by atoms with Crippen molar-refractivity contribution in [1.82, 2.24) is 0 Å². The van der Waals surface area contributed by atoms with Crippen molar-refractivity contribution in [3.63, 3.8) is 0 Å². The lowest BCUT2D eigenvalue weighted by molar-refractivity contribution is 0.0951. The van der Waals surface area contributed by atoms with Crippen LogP contribution in [-0.4, -0.2) is 17.9 Å². The van der Waals surface area contributed by atoms with Crippen LogP contribution in [0.15, 0.2) is 84.9 Å². The summed E-state index contributed by atoms with van der Waals surface area (Å²) in [6, 6.07) is 27.2. The SMILES string of the molecule is N#CC1(C#N)[C@@H](c2ccccc2Cl)[C@H](C(=O)c2ccccc2)N2c3ccccc3C=C[C@@H]21. The van der Waals surface area contributed by atoms with Gasteiger partial charge >= 0.3 is 0 Å². The largest absolute Gasteiger partial charge is 0.351 e. The summed E-state index contributed by atoms with van der Waals surface area (Å²) in [7, 11) is 0. The number of hydrogen-bond donors (Lipinski definition) is 0. The highest BCUT2D eigenvalue weighted by Gasteiger charge is 2.63. The number of hydrogen-bond acceptors (Lipinski definition) is 4. The summed E-state index contributed by atoms with van der Waals surface area (Å²) in [6.07, 6.45) is 3.80. The molecule has 5 rings (SSSR count). The molecule has 2 heterocycles. The number of benzene rings is 3. The Bertz CT molecular complexity index is 1300. The molecule has 32 heavy (non-hydrogen) atoms. The number of Topliss-reactive ketones (excluding diaryl/α,β-unsaturated/α-hetero) is 1. The van der Waals surface area contributed by atoms with Gasteiger partial charge in [-0.2, -0.15) is 10.5 Å². The molecule has 0 bridgehead atoms. The highest BCUT2D eigenvalue weighted by Crippen LogP contribution is 2.56. The summed E-state index contributed by atoms with van der Waals surface area (Å²) < 4.78 is 0. The van der Waals surface area contributed by atoms with E-state index in [1.54, 1.807) is 24.3 Å². The topological polar surface area (TPSA) is 67.9 Å². The Labute approximate surface area is 191 Å². The van der Waals surface area contributed by atoms with Crippen LogP contribution in [0.3, 0.4) is 0 Å². The zero-order chi connectivity index (χ0) is 22.3. The number of para-hydroxylation sites is 1. The van der Waals surface area contributed by atoms with E-state index in [-0.39, 0.29) is 5.78 Å². The van der Waals surface area contributed by atoms with E-state index in [1.807, 2.05) is 71.6 Å². The molecule has 3 aromatic carbocycles. The molecule has 5 heteroatoms. The summed E-state index contributed by atoms with van der Waals surface area (Å²) >= 11 is 6.59. The van der Waals surface area contributed by atoms with E-state index in [0.717, 1.165) is 11.3 Å². The molecule has 4 nitrogen and oxygen atoms in total. The normalized spacial score (nSPS) is 22.3. The number of nitriles is 2. The quantitative estimate of drug-likeness (QED) is 0.500. The van der Waals surface area contributed by atoms with Crippen LogP contribution < -0.4 is 4.90 Å². The molecule has 0 saturated carbocycles. The van der Waals surface area contributed by atoms with Crippen LogP contribution in [0.1, 0.15) is 27.4 Å². The number of nitrogens with zero attached hydrogens (tertiary/aromatic N) is 3. The Kier molecular flexibility index (Phi) is 4.82. The monoisotopic (exact) mass is 435 g/mol. The van der Waals surface area contributed by atoms with Crippen LogP contribution in [0, 0.1) is 28.1 Å². The number of fused-ring (bicyclic) bond motifs is 3. The smallest absolute Gasteiger partial charge is 0.185 e. The minimum atomic E-state index is -1.50. The molecule has 0 N–H and O–H groups in total. The van der Waals surface area contributed by atoms with Crippen LogP contribution in [0.2, 0.25) is 5.02 Å². The van der Waals surface area contributed by atoms with Crippen molar-refractivity contribution in [1.29, 1.82) is 10.5 Å². The molecule has 0 aromatic heterocycles. The maximum atomic E-state index is 14.0. The molecule has 3 aromatic rings. The zero-order valence-electron chi connectivity index (χ0n) is 17.0. The fraction of sp³-hybridized carbons (Fsp3) is 0.148. The van der Waals surface area contributed by atoms with Crippen LogP contribution >= 0.6 is 11.6 Å². The number of carbonyl (C=O) groups is 1. The van der Waals surface area contributed by atoms with E-state index in [1.165, 1.54) is 0 Å². The Morgan fingerprint density at radius 2 is 1.56 bits per heavy atom. The van der Waals surface area contributed by atoms with Crippen LogP contribution in [0.25, 0.3) is 6.08 Å². The molecular formula is C27H18ClN3O. The first-order valence-electron chi connectivity index (χ1n) is 10.3. The maximum absolute atomic E-state index is 14.0. The first-order valence-corrected chi connectivity index (χ1v) is 10.7. The molecule has 0 unspecified atom stereocenters. The summed E-state index contributed by atoms with van der Waals surface area (Å²) in [4.78, 5) is 15.9. The molecule has 0 spiro atoms. The van der Waals surface area contributed by atoms with Gasteiger partial charge in [-0.05, 0) is 23.3 Å².